The fourth-order valence-corrected chi connectivity index (χ4v) is 3.92. The second-order valence-electron chi connectivity index (χ2n) is 6.07. The van der Waals surface area contributed by atoms with E-state index in [0.717, 1.165) is 0 Å². The average Bonchev–Trinajstić information content (AvgIpc) is 3.32. The lowest BCUT2D eigenvalue weighted by molar-refractivity contribution is -0.116. The summed E-state index contributed by atoms with van der Waals surface area (Å²) in [5.74, 6) is 0.342. The van der Waals surface area contributed by atoms with Crippen LogP contribution in [0.15, 0.2) is 41.0 Å². The van der Waals surface area contributed by atoms with Gasteiger partial charge in [-0.25, -0.2) is 4.98 Å². The number of rotatable bonds is 8. The van der Waals surface area contributed by atoms with Crippen molar-refractivity contribution >= 4 is 57.3 Å². The van der Waals surface area contributed by atoms with Crippen LogP contribution in [0, 0.1) is 0 Å². The van der Waals surface area contributed by atoms with Crippen LogP contribution in [0.25, 0.3) is 0 Å². The molecular weight excluding hydrogens is 432 g/mol. The SMILES string of the molecule is C[C@H](Sc1nnc(CCC(=O)Nc2ccccc2Cl)n1C)C(=O)Nc1nccs1. The summed E-state index contributed by atoms with van der Waals surface area (Å²) in [6.07, 6.45) is 2.29. The van der Waals surface area contributed by atoms with Crippen molar-refractivity contribution < 1.29 is 9.59 Å². The smallest absolute Gasteiger partial charge is 0.239 e. The number of amides is 2. The Morgan fingerprint density at radius 3 is 2.79 bits per heavy atom. The van der Waals surface area contributed by atoms with Crippen molar-refractivity contribution in [2.45, 2.75) is 30.2 Å². The number of benzene rings is 1. The molecule has 29 heavy (non-hydrogen) atoms. The predicted octanol–water partition coefficient (Wildman–Crippen LogP) is 3.62. The van der Waals surface area contributed by atoms with Gasteiger partial charge in [0.15, 0.2) is 10.3 Å². The molecule has 2 amide bonds. The minimum Gasteiger partial charge on any atom is -0.325 e. The maximum atomic E-state index is 12.3. The largest absolute Gasteiger partial charge is 0.325 e. The predicted molar refractivity (Wildman–Crippen MR) is 115 cm³/mol. The molecule has 0 unspecified atom stereocenters. The molecule has 152 valence electrons. The van der Waals surface area contributed by atoms with E-state index in [4.69, 9.17) is 11.6 Å². The molecule has 0 aliphatic carbocycles. The Balaban J connectivity index is 1.53. The quantitative estimate of drug-likeness (QED) is 0.508. The molecule has 0 spiro atoms. The molecule has 11 heteroatoms. The number of nitrogens with zero attached hydrogens (tertiary/aromatic N) is 4. The monoisotopic (exact) mass is 450 g/mol. The fourth-order valence-electron chi connectivity index (χ4n) is 2.37. The van der Waals surface area contributed by atoms with Crippen molar-refractivity contribution in [3.63, 3.8) is 0 Å². The standard InChI is InChI=1S/C18H19ClN6O2S2/c1-11(16(27)22-17-20-9-10-28-17)29-18-24-23-14(25(18)2)7-8-15(26)21-13-6-4-3-5-12(13)19/h3-6,9-11H,7-8H2,1-2H3,(H,21,26)(H,20,22,27)/t11-/m0/s1. The van der Waals surface area contributed by atoms with Gasteiger partial charge in [-0.3, -0.25) is 9.59 Å². The molecule has 1 atom stereocenters. The summed E-state index contributed by atoms with van der Waals surface area (Å²) in [6.45, 7) is 1.79. The number of aromatic nitrogens is 4. The molecule has 0 saturated carbocycles. The number of nitrogens with one attached hydrogen (secondary N) is 2. The van der Waals surface area contributed by atoms with Gasteiger partial charge in [-0.1, -0.05) is 35.5 Å². The molecule has 0 fully saturated rings. The zero-order valence-electron chi connectivity index (χ0n) is 15.8. The van der Waals surface area contributed by atoms with Crippen LogP contribution in [0.1, 0.15) is 19.2 Å². The third-order valence-electron chi connectivity index (χ3n) is 3.96. The van der Waals surface area contributed by atoms with Gasteiger partial charge in [-0.2, -0.15) is 0 Å². The molecular formula is C18H19ClN6O2S2. The molecule has 2 N–H and O–H groups in total. The van der Waals surface area contributed by atoms with Crippen LogP contribution in [0.2, 0.25) is 5.02 Å². The Hall–Kier alpha value is -2.43. The van der Waals surface area contributed by atoms with Crippen molar-refractivity contribution in [3.8, 4) is 0 Å². The number of halogens is 1. The number of anilines is 2. The lowest BCUT2D eigenvalue weighted by Crippen LogP contribution is -2.22. The van der Waals surface area contributed by atoms with Crippen LogP contribution in [0.4, 0.5) is 10.8 Å². The third kappa shape index (κ3) is 5.78. The second-order valence-corrected chi connectivity index (χ2v) is 8.68. The van der Waals surface area contributed by atoms with Crippen molar-refractivity contribution in [1.29, 1.82) is 0 Å². The van der Waals surface area contributed by atoms with Gasteiger partial charge in [0.25, 0.3) is 0 Å². The minimum atomic E-state index is -0.377. The van der Waals surface area contributed by atoms with E-state index in [1.165, 1.54) is 23.1 Å². The van der Waals surface area contributed by atoms with Gasteiger partial charge in [0.2, 0.25) is 11.8 Å². The van der Waals surface area contributed by atoms with E-state index in [-0.39, 0.29) is 23.5 Å². The molecule has 3 rings (SSSR count). The highest BCUT2D eigenvalue weighted by Crippen LogP contribution is 2.24. The molecule has 0 bridgehead atoms. The molecule has 8 nitrogen and oxygen atoms in total. The summed E-state index contributed by atoms with van der Waals surface area (Å²) < 4.78 is 1.79. The maximum absolute atomic E-state index is 12.3. The molecule has 0 aliphatic rings. The lowest BCUT2D eigenvalue weighted by Gasteiger charge is -2.10. The second kappa shape index (κ2) is 9.86. The Morgan fingerprint density at radius 2 is 2.07 bits per heavy atom. The molecule has 0 radical (unpaired) electrons. The number of aryl methyl sites for hydroxylation is 1. The maximum Gasteiger partial charge on any atom is 0.239 e. The number of thioether (sulfide) groups is 1. The summed E-state index contributed by atoms with van der Waals surface area (Å²) in [5.41, 5.74) is 0.577. The molecule has 2 aromatic heterocycles. The summed E-state index contributed by atoms with van der Waals surface area (Å²) in [5, 5.41) is 16.9. The summed E-state index contributed by atoms with van der Waals surface area (Å²) >= 11 is 8.71. The first-order valence-electron chi connectivity index (χ1n) is 8.73. The van der Waals surface area contributed by atoms with Gasteiger partial charge in [0.1, 0.15) is 5.82 Å². The number of carbonyl (C=O) groups excluding carboxylic acids is 2. The van der Waals surface area contributed by atoms with Crippen molar-refractivity contribution in [2.24, 2.45) is 7.05 Å². The summed E-state index contributed by atoms with van der Waals surface area (Å²) in [4.78, 5) is 28.5. The van der Waals surface area contributed by atoms with Crippen molar-refractivity contribution in [1.82, 2.24) is 19.7 Å². The van der Waals surface area contributed by atoms with Gasteiger partial charge < -0.3 is 15.2 Å². The number of para-hydroxylation sites is 1. The third-order valence-corrected chi connectivity index (χ3v) is 6.11. The van der Waals surface area contributed by atoms with E-state index in [9.17, 15) is 9.59 Å². The van der Waals surface area contributed by atoms with Crippen LogP contribution >= 0.6 is 34.7 Å². The Bertz CT molecular complexity index is 992. The van der Waals surface area contributed by atoms with E-state index < -0.39 is 0 Å². The van der Waals surface area contributed by atoms with Gasteiger partial charge in [-0.05, 0) is 19.1 Å². The normalized spacial score (nSPS) is 11.8. The van der Waals surface area contributed by atoms with Crippen molar-refractivity contribution in [3.05, 3.63) is 46.7 Å². The van der Waals surface area contributed by atoms with Gasteiger partial charge in [0.05, 0.1) is 16.0 Å². The molecule has 0 saturated heterocycles. The minimum absolute atomic E-state index is 0.159. The summed E-state index contributed by atoms with van der Waals surface area (Å²) in [7, 11) is 1.81. The van der Waals surface area contributed by atoms with E-state index in [0.29, 0.717) is 33.2 Å². The number of thiazole rings is 1. The molecule has 1 aromatic carbocycles. The average molecular weight is 451 g/mol. The highest BCUT2D eigenvalue weighted by atomic mass is 35.5. The first kappa shape index (κ1) is 21.3. The molecule has 3 aromatic rings. The van der Waals surface area contributed by atoms with Crippen LogP contribution in [0.5, 0.6) is 0 Å². The number of hydrogen-bond acceptors (Lipinski definition) is 7. The van der Waals surface area contributed by atoms with E-state index >= 15 is 0 Å². The molecule has 2 heterocycles. The summed E-state index contributed by atoms with van der Waals surface area (Å²) in [6, 6.07) is 7.07. The Labute approximate surface area is 181 Å². The van der Waals surface area contributed by atoms with Crippen molar-refractivity contribution in [2.75, 3.05) is 10.6 Å². The number of carbonyl (C=O) groups is 2. The van der Waals surface area contributed by atoms with Crippen LogP contribution in [-0.2, 0) is 23.1 Å². The van der Waals surface area contributed by atoms with Crippen LogP contribution < -0.4 is 10.6 Å². The fraction of sp³-hybridized carbons (Fsp3) is 0.278. The Kier molecular flexibility index (Phi) is 7.24. The zero-order valence-corrected chi connectivity index (χ0v) is 18.1. The van der Waals surface area contributed by atoms with E-state index in [1.54, 1.807) is 47.3 Å². The topological polar surface area (TPSA) is 102 Å². The Morgan fingerprint density at radius 1 is 1.28 bits per heavy atom. The lowest BCUT2D eigenvalue weighted by atomic mass is 10.2. The van der Waals surface area contributed by atoms with E-state index in [1.807, 2.05) is 7.05 Å². The first-order chi connectivity index (χ1) is 13.9. The van der Waals surface area contributed by atoms with Gasteiger partial charge in [0, 0.05) is 31.5 Å². The van der Waals surface area contributed by atoms with Gasteiger partial charge >= 0.3 is 0 Å². The zero-order chi connectivity index (χ0) is 20.8. The van der Waals surface area contributed by atoms with E-state index in [2.05, 4.69) is 25.8 Å². The first-order valence-corrected chi connectivity index (χ1v) is 10.9. The molecule has 0 aliphatic heterocycles. The number of hydrogen-bond donors (Lipinski definition) is 2. The van der Waals surface area contributed by atoms with Crippen LogP contribution in [0.3, 0.4) is 0 Å². The van der Waals surface area contributed by atoms with Crippen LogP contribution in [-0.4, -0.2) is 36.8 Å². The highest BCUT2D eigenvalue weighted by molar-refractivity contribution is 8.00. The highest BCUT2D eigenvalue weighted by Gasteiger charge is 2.20. The van der Waals surface area contributed by atoms with Gasteiger partial charge in [-0.15, -0.1) is 21.5 Å².